The van der Waals surface area contributed by atoms with Crippen LogP contribution >= 0.6 is 11.6 Å². The van der Waals surface area contributed by atoms with Crippen molar-refractivity contribution in [2.75, 3.05) is 6.61 Å². The molecule has 2 aromatic rings. The summed E-state index contributed by atoms with van der Waals surface area (Å²) in [5, 5.41) is 0.604. The van der Waals surface area contributed by atoms with E-state index in [9.17, 15) is 9.18 Å². The molecule has 2 aromatic carbocycles. The molecular formula is C14H10ClFO2. The first-order valence-electron chi connectivity index (χ1n) is 5.32. The lowest BCUT2D eigenvalue weighted by molar-refractivity contribution is 0.0921. The van der Waals surface area contributed by atoms with Gasteiger partial charge in [0.25, 0.3) is 0 Å². The Hall–Kier alpha value is -1.87. The molecule has 0 radical (unpaired) electrons. The molecule has 0 saturated carbocycles. The average molecular weight is 265 g/mol. The molecule has 18 heavy (non-hydrogen) atoms. The maximum Gasteiger partial charge on any atom is 0.200 e. The second-order valence-electron chi connectivity index (χ2n) is 3.67. The molecule has 0 unspecified atom stereocenters. The number of hydrogen-bond donors (Lipinski definition) is 0. The first-order chi connectivity index (χ1) is 8.65. The van der Waals surface area contributed by atoms with Gasteiger partial charge in [0, 0.05) is 10.6 Å². The lowest BCUT2D eigenvalue weighted by atomic mass is 10.1. The Morgan fingerprint density at radius 3 is 2.28 bits per heavy atom. The largest absolute Gasteiger partial charge is 0.485 e. The number of carbonyl (C=O) groups excluding carboxylic acids is 1. The quantitative estimate of drug-likeness (QED) is 0.787. The van der Waals surface area contributed by atoms with Gasteiger partial charge in [0.1, 0.15) is 11.6 Å². The molecular weight excluding hydrogens is 255 g/mol. The van der Waals surface area contributed by atoms with Gasteiger partial charge < -0.3 is 4.74 Å². The third-order valence-corrected chi connectivity index (χ3v) is 2.60. The summed E-state index contributed by atoms with van der Waals surface area (Å²) >= 11 is 5.73. The molecule has 0 N–H and O–H groups in total. The minimum atomic E-state index is -0.370. The van der Waals surface area contributed by atoms with Crippen LogP contribution < -0.4 is 4.74 Å². The van der Waals surface area contributed by atoms with Crippen LogP contribution in [0.15, 0.2) is 48.5 Å². The van der Waals surface area contributed by atoms with Gasteiger partial charge >= 0.3 is 0 Å². The van der Waals surface area contributed by atoms with Crippen molar-refractivity contribution in [3.63, 3.8) is 0 Å². The number of hydrogen-bond acceptors (Lipinski definition) is 2. The van der Waals surface area contributed by atoms with Gasteiger partial charge in [-0.15, -0.1) is 0 Å². The zero-order valence-corrected chi connectivity index (χ0v) is 10.2. The Bertz CT molecular complexity index is 535. The van der Waals surface area contributed by atoms with Crippen LogP contribution in [0.4, 0.5) is 4.39 Å². The van der Waals surface area contributed by atoms with E-state index in [1.807, 2.05) is 0 Å². The summed E-state index contributed by atoms with van der Waals surface area (Å²) in [7, 11) is 0. The van der Waals surface area contributed by atoms with Crippen LogP contribution in [-0.2, 0) is 0 Å². The van der Waals surface area contributed by atoms with Gasteiger partial charge in [-0.05, 0) is 48.5 Å². The van der Waals surface area contributed by atoms with Crippen LogP contribution in [-0.4, -0.2) is 12.4 Å². The molecule has 0 aliphatic rings. The predicted octanol–water partition coefficient (Wildman–Crippen LogP) is 3.74. The molecule has 0 fully saturated rings. The molecule has 0 amide bonds. The van der Waals surface area contributed by atoms with Crippen LogP contribution in [0.3, 0.4) is 0 Å². The van der Waals surface area contributed by atoms with E-state index < -0.39 is 0 Å². The summed E-state index contributed by atoms with van der Waals surface area (Å²) in [5.74, 6) is -0.00928. The van der Waals surface area contributed by atoms with Crippen molar-refractivity contribution in [1.29, 1.82) is 0 Å². The van der Waals surface area contributed by atoms with Crippen molar-refractivity contribution >= 4 is 17.4 Å². The highest BCUT2D eigenvalue weighted by Crippen LogP contribution is 2.15. The number of halogens is 2. The van der Waals surface area contributed by atoms with Crippen molar-refractivity contribution in [2.24, 2.45) is 0 Å². The third-order valence-electron chi connectivity index (χ3n) is 2.35. The van der Waals surface area contributed by atoms with Crippen LogP contribution in [0.25, 0.3) is 0 Å². The topological polar surface area (TPSA) is 26.3 Å². The van der Waals surface area contributed by atoms with Gasteiger partial charge in [0.2, 0.25) is 0 Å². The SMILES string of the molecule is O=C(COc1ccc(Cl)cc1)c1ccc(F)cc1. The van der Waals surface area contributed by atoms with E-state index in [-0.39, 0.29) is 18.2 Å². The van der Waals surface area contributed by atoms with E-state index in [0.29, 0.717) is 16.3 Å². The fourth-order valence-corrected chi connectivity index (χ4v) is 1.52. The Morgan fingerprint density at radius 2 is 1.67 bits per heavy atom. The highest BCUT2D eigenvalue weighted by atomic mass is 35.5. The van der Waals surface area contributed by atoms with E-state index in [0.717, 1.165) is 0 Å². The van der Waals surface area contributed by atoms with Crippen LogP contribution in [0.1, 0.15) is 10.4 Å². The normalized spacial score (nSPS) is 10.1. The molecule has 92 valence electrons. The standard InChI is InChI=1S/C14H10ClFO2/c15-11-3-7-13(8-4-11)18-9-14(17)10-1-5-12(16)6-2-10/h1-8H,9H2. The van der Waals surface area contributed by atoms with Crippen molar-refractivity contribution in [3.8, 4) is 5.75 Å². The Morgan fingerprint density at radius 1 is 1.06 bits per heavy atom. The van der Waals surface area contributed by atoms with Gasteiger partial charge in [-0.3, -0.25) is 4.79 Å². The molecule has 0 atom stereocenters. The summed E-state index contributed by atoms with van der Waals surface area (Å²) in [5.41, 5.74) is 0.422. The lowest BCUT2D eigenvalue weighted by Gasteiger charge is -2.05. The number of benzene rings is 2. The first kappa shape index (κ1) is 12.6. The summed E-state index contributed by atoms with van der Waals surface area (Å²) < 4.78 is 18.0. The molecule has 0 aromatic heterocycles. The molecule has 0 saturated heterocycles. The van der Waals surface area contributed by atoms with Crippen molar-refractivity contribution in [3.05, 3.63) is 64.9 Å². The molecule has 0 heterocycles. The summed E-state index contributed by atoms with van der Waals surface area (Å²) in [6.07, 6.45) is 0. The molecule has 0 bridgehead atoms. The van der Waals surface area contributed by atoms with Crippen LogP contribution in [0.2, 0.25) is 5.02 Å². The van der Waals surface area contributed by atoms with E-state index >= 15 is 0 Å². The highest BCUT2D eigenvalue weighted by molar-refractivity contribution is 6.30. The first-order valence-corrected chi connectivity index (χ1v) is 5.70. The van der Waals surface area contributed by atoms with E-state index in [2.05, 4.69) is 0 Å². The molecule has 2 rings (SSSR count). The lowest BCUT2D eigenvalue weighted by Crippen LogP contribution is -2.11. The van der Waals surface area contributed by atoms with Gasteiger partial charge in [0.15, 0.2) is 12.4 Å². The number of carbonyl (C=O) groups is 1. The van der Waals surface area contributed by atoms with E-state index in [1.165, 1.54) is 24.3 Å². The zero-order valence-electron chi connectivity index (χ0n) is 9.40. The van der Waals surface area contributed by atoms with Crippen LogP contribution in [0, 0.1) is 5.82 Å². The molecule has 0 aliphatic carbocycles. The smallest absolute Gasteiger partial charge is 0.200 e. The zero-order chi connectivity index (χ0) is 13.0. The van der Waals surface area contributed by atoms with E-state index in [4.69, 9.17) is 16.3 Å². The van der Waals surface area contributed by atoms with Gasteiger partial charge in [-0.1, -0.05) is 11.6 Å². The third kappa shape index (κ3) is 3.31. The van der Waals surface area contributed by atoms with Gasteiger partial charge in [-0.25, -0.2) is 4.39 Å². The van der Waals surface area contributed by atoms with Crippen LogP contribution in [0.5, 0.6) is 5.75 Å². The minimum absolute atomic E-state index is 0.0900. The monoisotopic (exact) mass is 264 g/mol. The second-order valence-corrected chi connectivity index (χ2v) is 4.11. The Kier molecular flexibility index (Phi) is 3.95. The fourth-order valence-electron chi connectivity index (χ4n) is 1.40. The summed E-state index contributed by atoms with van der Waals surface area (Å²) in [6, 6.07) is 12.1. The molecule has 0 aliphatic heterocycles. The highest BCUT2D eigenvalue weighted by Gasteiger charge is 2.06. The van der Waals surface area contributed by atoms with Gasteiger partial charge in [-0.2, -0.15) is 0 Å². The van der Waals surface area contributed by atoms with Crippen molar-refractivity contribution in [2.45, 2.75) is 0 Å². The average Bonchev–Trinajstić information content (AvgIpc) is 2.38. The molecule has 4 heteroatoms. The number of Topliss-reactive ketones (excluding diaryl/α,β-unsaturated/α-hetero) is 1. The van der Waals surface area contributed by atoms with Gasteiger partial charge in [0.05, 0.1) is 0 Å². The Balaban J connectivity index is 1.96. The number of rotatable bonds is 4. The molecule has 0 spiro atoms. The second kappa shape index (κ2) is 5.65. The van der Waals surface area contributed by atoms with Crippen molar-refractivity contribution in [1.82, 2.24) is 0 Å². The minimum Gasteiger partial charge on any atom is -0.485 e. The fraction of sp³-hybridized carbons (Fsp3) is 0.0714. The maximum absolute atomic E-state index is 12.7. The van der Waals surface area contributed by atoms with E-state index in [1.54, 1.807) is 24.3 Å². The summed E-state index contributed by atoms with van der Waals surface area (Å²) in [6.45, 7) is -0.0900. The summed E-state index contributed by atoms with van der Waals surface area (Å²) in [4.78, 5) is 11.7. The Labute approximate surface area is 109 Å². The number of ketones is 1. The molecule has 2 nitrogen and oxygen atoms in total. The maximum atomic E-state index is 12.7. The predicted molar refractivity (Wildman–Crippen MR) is 67.7 cm³/mol. The number of ether oxygens (including phenoxy) is 1. The van der Waals surface area contributed by atoms with Crippen molar-refractivity contribution < 1.29 is 13.9 Å².